The first-order valence-electron chi connectivity index (χ1n) is 37.9. The fourth-order valence-electron chi connectivity index (χ4n) is 12.4. The second kappa shape index (κ2) is 44.6. The van der Waals surface area contributed by atoms with Crippen LogP contribution in [0.3, 0.4) is 0 Å². The molecule has 0 bridgehead atoms. The lowest BCUT2D eigenvalue weighted by Gasteiger charge is -2.37. The number of anilines is 3. The molecule has 39 nitrogen and oxygen atoms in total. The molecule has 3 aromatic carbocycles. The van der Waals surface area contributed by atoms with Gasteiger partial charge in [0.25, 0.3) is 0 Å². The lowest BCUT2D eigenvalue weighted by Crippen LogP contribution is -2.47. The number of ether oxygens (including phenoxy) is 9. The standard InChI is InChI=1S/C29H29N3O5.C20H31N3O7.C14H22N4O5.C9H13N3O4.C7H13NO4.CH4/c1-36-23-14-12-22(13-15-23)29(20-8-4-2-5-9-20,21-10-6-3-7-11-21)31-26-16-17-32(28(35)30-26)27-18-24(34)25(19-33)37-27;1-11(2)16(22-19(27)30-20(4,5)6)17(25)28-10-14-13(24)9-15(29-14)23-8-7-12(3)21-18(23)26;1-7(2)12(16)13(20)22-6-9-8(19)5-11(23-9)18-4-3-10(15)17-14(18)21;10-7-1-2-12(9(15)11-7)8-3-5(14)6(4-13)16-8;1-4(2)5(6(9)10)8-7(11)12-3;/h2-17,24-25,27,33-34H,18-19H2,1H3,(H,30,31,35);7-8,11,13-16,24H,9-10H2,1-6H3,(H,22,27);3-4,7-9,11-12,19H,5-6,16H2,1-2H3,(H2,15,17,21);1-2,5-6,8,13-14H,3-4H2,(H2,10,11,15);4-5H,1-3H3,(H,8,11)(H,9,10);1H4/t24?,25-,27-;13?,14-,15-,16?;8?,9-,11-,12?;5?,6-,8-;;/m0000../s1. The summed E-state index contributed by atoms with van der Waals surface area (Å²) in [5.74, 6) is -1.38. The van der Waals surface area contributed by atoms with E-state index in [4.69, 9.17) is 65.3 Å². The Morgan fingerprint density at radius 3 is 1.25 bits per heavy atom. The smallest absolute Gasteiger partial charge is 0.408 e. The molecule has 11 rings (SSSR count). The molecule has 119 heavy (non-hydrogen) atoms. The van der Waals surface area contributed by atoms with Gasteiger partial charge in [-0.1, -0.05) is 122 Å². The van der Waals surface area contributed by atoms with Crippen LogP contribution in [0.4, 0.5) is 27.0 Å². The number of aliphatic hydroxyl groups excluding tert-OH is 6. The molecule has 0 radical (unpaired) electrons. The van der Waals surface area contributed by atoms with Crippen molar-refractivity contribution < 1.29 is 102 Å². The highest BCUT2D eigenvalue weighted by Gasteiger charge is 2.42. The quantitative estimate of drug-likeness (QED) is 0.0235. The second-order valence-corrected chi connectivity index (χ2v) is 29.9. The second-order valence-electron chi connectivity index (χ2n) is 29.9. The van der Waals surface area contributed by atoms with Crippen molar-refractivity contribution in [3.63, 3.8) is 0 Å². The topological polar surface area (TPSA) is 564 Å². The maximum absolute atomic E-state index is 13.1. The van der Waals surface area contributed by atoms with Gasteiger partial charge in [-0.05, 0) is 98.5 Å². The van der Waals surface area contributed by atoms with E-state index in [9.17, 15) is 68.7 Å². The number of aromatic nitrogens is 8. The van der Waals surface area contributed by atoms with E-state index in [2.05, 4.69) is 40.6 Å². The number of alkyl carbamates (subject to hydrolysis) is 2. The van der Waals surface area contributed by atoms with Crippen molar-refractivity contribution in [2.75, 3.05) is 57.4 Å². The molecule has 39 heteroatoms. The number of nitrogens with zero attached hydrogens (tertiary/aromatic N) is 8. The zero-order chi connectivity index (χ0) is 87.0. The zero-order valence-electron chi connectivity index (χ0n) is 67.5. The molecule has 4 aliphatic rings. The van der Waals surface area contributed by atoms with Crippen molar-refractivity contribution in [3.8, 4) is 5.75 Å². The summed E-state index contributed by atoms with van der Waals surface area (Å²) in [6.07, 6.45) is -3.62. The first kappa shape index (κ1) is 96.7. The Bertz CT molecular complexity index is 4620. The lowest BCUT2D eigenvalue weighted by atomic mass is 9.77. The maximum Gasteiger partial charge on any atom is 0.408 e. The average Bonchev–Trinajstić information content (AvgIpc) is 1.70. The van der Waals surface area contributed by atoms with Crippen LogP contribution in [0.2, 0.25) is 0 Å². The van der Waals surface area contributed by atoms with Gasteiger partial charge in [-0.2, -0.15) is 19.9 Å². The normalized spacial score (nSPS) is 21.9. The summed E-state index contributed by atoms with van der Waals surface area (Å²) in [6, 6.07) is 31.6. The monoisotopic (exact) mass is 1670 g/mol. The Morgan fingerprint density at radius 2 is 0.891 bits per heavy atom. The highest BCUT2D eigenvalue weighted by Crippen LogP contribution is 2.41. The fraction of sp³-hybridized carbons (Fsp3) is 0.512. The van der Waals surface area contributed by atoms with E-state index in [0.717, 1.165) is 22.4 Å². The van der Waals surface area contributed by atoms with Gasteiger partial charge < -0.3 is 112 Å². The molecule has 0 spiro atoms. The molecule has 16 N–H and O–H groups in total. The van der Waals surface area contributed by atoms with Gasteiger partial charge in [-0.3, -0.25) is 23.1 Å². The zero-order valence-corrected chi connectivity index (χ0v) is 67.5. The van der Waals surface area contributed by atoms with E-state index in [1.165, 1.54) is 49.9 Å². The number of carbonyl (C=O) groups excluding carboxylic acids is 4. The number of nitrogen functional groups attached to an aromatic ring is 2. The third-order valence-corrected chi connectivity index (χ3v) is 18.9. The molecule has 4 saturated heterocycles. The predicted molar refractivity (Wildman–Crippen MR) is 430 cm³/mol. The van der Waals surface area contributed by atoms with E-state index >= 15 is 0 Å². The molecule has 7 unspecified atom stereocenters. The van der Waals surface area contributed by atoms with Gasteiger partial charge in [0.2, 0.25) is 0 Å². The number of hydrogen-bond acceptors (Lipinski definition) is 32. The molecule has 15 atom stereocenters. The van der Waals surface area contributed by atoms with Crippen molar-refractivity contribution in [2.24, 2.45) is 23.5 Å². The van der Waals surface area contributed by atoms with Gasteiger partial charge in [0.05, 0.1) is 51.8 Å². The summed E-state index contributed by atoms with van der Waals surface area (Å²) in [5.41, 5.74) is 16.2. The number of hydrogen-bond donors (Lipinski definition) is 13. The predicted octanol–water partition coefficient (Wildman–Crippen LogP) is 3.14. The van der Waals surface area contributed by atoms with Crippen LogP contribution in [0, 0.1) is 24.7 Å². The Balaban J connectivity index is 0.000000242. The number of carboxylic acids is 1. The van der Waals surface area contributed by atoms with Crippen molar-refractivity contribution >= 4 is 47.5 Å². The van der Waals surface area contributed by atoms with Gasteiger partial charge in [0.15, 0.2) is 0 Å². The molecule has 7 aromatic rings. The van der Waals surface area contributed by atoms with Crippen LogP contribution in [0.15, 0.2) is 153 Å². The van der Waals surface area contributed by atoms with Crippen LogP contribution in [0.25, 0.3) is 0 Å². The number of nitrogens with one attached hydrogen (secondary N) is 3. The van der Waals surface area contributed by atoms with Crippen molar-refractivity contribution in [3.05, 3.63) is 198 Å². The fourth-order valence-corrected chi connectivity index (χ4v) is 12.4. The third kappa shape index (κ3) is 27.0. The van der Waals surface area contributed by atoms with E-state index < -0.39 is 156 Å². The minimum atomic E-state index is -1.06. The summed E-state index contributed by atoms with van der Waals surface area (Å²) in [7, 11) is 2.82. The molecular weight excluding hydrogens is 1560 g/mol. The van der Waals surface area contributed by atoms with Gasteiger partial charge in [-0.15, -0.1) is 0 Å². The van der Waals surface area contributed by atoms with Crippen molar-refractivity contribution in [1.82, 2.24) is 48.8 Å². The van der Waals surface area contributed by atoms with E-state index in [-0.39, 0.29) is 88.9 Å². The molecule has 4 aliphatic heterocycles. The first-order chi connectivity index (χ1) is 55.8. The molecule has 4 fully saturated rings. The third-order valence-electron chi connectivity index (χ3n) is 18.9. The number of methoxy groups -OCH3 is 2. The molecule has 4 aromatic heterocycles. The van der Waals surface area contributed by atoms with Crippen molar-refractivity contribution in [2.45, 2.75) is 205 Å². The summed E-state index contributed by atoms with van der Waals surface area (Å²) in [4.78, 5) is 121. The molecule has 652 valence electrons. The minimum Gasteiger partial charge on any atom is -0.497 e. The highest BCUT2D eigenvalue weighted by atomic mass is 16.6. The van der Waals surface area contributed by atoms with Gasteiger partial charge in [0.1, 0.15) is 115 Å². The lowest BCUT2D eigenvalue weighted by molar-refractivity contribution is -0.154. The van der Waals surface area contributed by atoms with Crippen LogP contribution in [0.5, 0.6) is 5.75 Å². The summed E-state index contributed by atoms with van der Waals surface area (Å²) in [6.45, 7) is 16.5. The van der Waals surface area contributed by atoms with Gasteiger partial charge in [0, 0.05) is 56.2 Å². The number of esters is 2. The Labute approximate surface area is 686 Å². The van der Waals surface area contributed by atoms with Gasteiger partial charge >= 0.3 is 52.9 Å². The Morgan fingerprint density at radius 1 is 0.513 bits per heavy atom. The molecular formula is C80H112N14O25. The number of aliphatic carboxylic acids is 1. The first-order valence-corrected chi connectivity index (χ1v) is 37.9. The molecule has 8 heterocycles. The summed E-state index contributed by atoms with van der Waals surface area (Å²) >= 11 is 0. The van der Waals surface area contributed by atoms with E-state index in [1.54, 1.807) is 87.0 Å². The number of carboxylic acid groups (broad SMARTS) is 1. The van der Waals surface area contributed by atoms with Crippen LogP contribution in [0.1, 0.15) is 143 Å². The molecule has 0 saturated carbocycles. The van der Waals surface area contributed by atoms with Gasteiger partial charge in [-0.25, -0.2) is 38.4 Å². The van der Waals surface area contributed by atoms with Crippen LogP contribution in [-0.4, -0.2) is 217 Å². The van der Waals surface area contributed by atoms with Crippen LogP contribution in [-0.2, 0) is 57.8 Å². The number of nitrogens with two attached hydrogens (primary N) is 3. The summed E-state index contributed by atoms with van der Waals surface area (Å²) < 4.78 is 52.6. The maximum atomic E-state index is 13.1. The number of benzene rings is 3. The molecule has 2 amide bonds. The number of aliphatic hydroxyl groups is 6. The Kier molecular flexibility index (Phi) is 36.3. The van der Waals surface area contributed by atoms with E-state index in [0.29, 0.717) is 11.5 Å². The number of aryl methyl sites for hydroxylation is 1. The highest BCUT2D eigenvalue weighted by molar-refractivity contribution is 5.82. The van der Waals surface area contributed by atoms with E-state index in [1.807, 2.05) is 98.8 Å². The number of rotatable bonds is 24. The van der Waals surface area contributed by atoms with Crippen molar-refractivity contribution in [1.29, 1.82) is 0 Å². The number of amides is 2. The van der Waals surface area contributed by atoms with Crippen LogP contribution < -0.4 is 60.6 Å². The minimum absolute atomic E-state index is 0. The average molecular weight is 1670 g/mol. The Hall–Kier alpha value is -11.1. The van der Waals surface area contributed by atoms with Crippen LogP contribution >= 0.6 is 0 Å². The number of carbonyl (C=O) groups is 5. The molecule has 0 aliphatic carbocycles. The summed E-state index contributed by atoms with van der Waals surface area (Å²) in [5, 5.41) is 75.1. The SMILES string of the molecule is C.CC(C)C(N)C(=O)OC[C@@H]1O[C@H](n2ccc(N)nc2=O)CC1O.COC(=O)NC(C(=O)O)C(C)C.COc1ccc(C(Nc2ccn([C@@H]3CC(O)[C@H](CO)O3)c(=O)n2)(c2ccccc2)c2ccccc2)cc1.Cc1ccn([C@@H]2CC(O)[C@H](COC(=O)C(NC(=O)OC(C)(C)C)C(C)C)O2)c(=O)n1.Nc1ccn([C@@H]2CC(O)[C@H](CO)O2)c(=O)n1. The largest absolute Gasteiger partial charge is 0.497 e.